The van der Waals surface area contributed by atoms with E-state index in [9.17, 15) is 48.6 Å². The number of nitrogens with one attached hydrogen (secondary N) is 8. The van der Waals surface area contributed by atoms with Crippen LogP contribution in [0.5, 0.6) is 5.75 Å². The Hall–Kier alpha value is -6.66. The van der Waals surface area contributed by atoms with Gasteiger partial charge in [-0.1, -0.05) is 103 Å². The third-order valence-corrected chi connectivity index (χ3v) is 16.2. The van der Waals surface area contributed by atoms with E-state index in [0.717, 1.165) is 32.5 Å². The Kier molecular flexibility index (Phi) is 23.0. The number of benzene rings is 3. The third kappa shape index (κ3) is 17.7. The van der Waals surface area contributed by atoms with Crippen LogP contribution in [0, 0.1) is 5.92 Å². The summed E-state index contributed by atoms with van der Waals surface area (Å²) in [6.45, 7) is 7.02. The summed E-state index contributed by atoms with van der Waals surface area (Å²) >= 11 is 0. The monoisotopic (exact) mass is 1090 g/mol. The maximum absolute atomic E-state index is 15.0. The lowest BCUT2D eigenvalue weighted by atomic mass is 9.98. The summed E-state index contributed by atoms with van der Waals surface area (Å²) in [4.78, 5) is 118. The number of aromatic amines is 1. The number of aromatic hydroxyl groups is 1. The number of hydrogen-bond acceptors (Lipinski definition) is 14. The predicted octanol–water partition coefficient (Wildman–Crippen LogP) is 1.40. The third-order valence-electron chi connectivity index (χ3n) is 12.9. The lowest BCUT2D eigenvalue weighted by Crippen LogP contribution is -2.63. The van der Waals surface area contributed by atoms with Crippen LogP contribution in [0.25, 0.3) is 10.9 Å². The van der Waals surface area contributed by atoms with Gasteiger partial charge in [0, 0.05) is 46.9 Å². The minimum absolute atomic E-state index is 0.00763. The van der Waals surface area contributed by atoms with E-state index in [0.29, 0.717) is 36.1 Å². The summed E-state index contributed by atoms with van der Waals surface area (Å²) in [6.07, 6.45) is 3.01. The largest absolute Gasteiger partial charge is 0.508 e. The van der Waals surface area contributed by atoms with Crippen molar-refractivity contribution in [2.75, 3.05) is 18.8 Å². The molecule has 1 fully saturated rings. The van der Waals surface area contributed by atoms with Crippen molar-refractivity contribution >= 4 is 79.8 Å². The average Bonchev–Trinajstić information content (AvgIpc) is 3.79. The van der Waals surface area contributed by atoms with Gasteiger partial charge in [-0.15, -0.1) is 0 Å². The minimum Gasteiger partial charge on any atom is -0.508 e. The van der Waals surface area contributed by atoms with Gasteiger partial charge in [0.1, 0.15) is 48.0 Å². The summed E-state index contributed by atoms with van der Waals surface area (Å²) < 4.78 is -1.28. The number of carbonyl (C=O) groups excluding carboxylic acids is 7. The quantitative estimate of drug-likeness (QED) is 0.0466. The lowest BCUT2D eigenvalue weighted by Gasteiger charge is -2.35. The van der Waals surface area contributed by atoms with E-state index in [4.69, 9.17) is 17.2 Å². The number of carbonyl (C=O) groups is 8. The van der Waals surface area contributed by atoms with Crippen molar-refractivity contribution in [3.63, 3.8) is 0 Å². The van der Waals surface area contributed by atoms with E-state index in [1.54, 1.807) is 76.4 Å². The normalized spacial score (nSPS) is 22.0. The highest BCUT2D eigenvalue weighted by Gasteiger charge is 2.42. The molecule has 23 heteroatoms. The molecule has 7 amide bonds. The van der Waals surface area contributed by atoms with Crippen LogP contribution in [-0.4, -0.2) is 134 Å². The van der Waals surface area contributed by atoms with Crippen LogP contribution in [-0.2, 0) is 57.6 Å². The number of phenolic OH excluding ortho intramolecular Hbond substituents is 1. The number of hydrogen-bond donors (Lipinski definition) is 13. The Labute approximate surface area is 450 Å². The summed E-state index contributed by atoms with van der Waals surface area (Å²) in [5, 5.41) is 40.2. The molecule has 21 nitrogen and oxygen atoms in total. The maximum atomic E-state index is 15.0. The minimum atomic E-state index is -1.46. The Balaban J connectivity index is 1.65. The number of fused-ring (bicyclic) bond motifs is 1. The Morgan fingerprint density at radius 2 is 1.26 bits per heavy atom. The summed E-state index contributed by atoms with van der Waals surface area (Å²) in [7, 11) is 2.10. The maximum Gasteiger partial charge on any atom is 0.326 e. The molecule has 0 radical (unpaired) electrons. The number of phenols is 1. The van der Waals surface area contributed by atoms with Gasteiger partial charge in [-0.25, -0.2) is 4.79 Å². The molecule has 8 atom stereocenters. The van der Waals surface area contributed by atoms with Crippen molar-refractivity contribution in [2.45, 2.75) is 132 Å². The molecule has 2 heterocycles. The molecule has 0 bridgehead atoms. The number of amides is 7. The molecule has 1 saturated heterocycles. The highest BCUT2D eigenvalue weighted by molar-refractivity contribution is 8.77. The van der Waals surface area contributed by atoms with Gasteiger partial charge in [0.15, 0.2) is 0 Å². The molecule has 0 unspecified atom stereocenters. The van der Waals surface area contributed by atoms with Gasteiger partial charge >= 0.3 is 5.97 Å². The van der Waals surface area contributed by atoms with E-state index in [-0.39, 0.29) is 56.6 Å². The highest BCUT2D eigenvalue weighted by Crippen LogP contribution is 2.39. The number of aliphatic carboxylic acids is 1. The Morgan fingerprint density at radius 3 is 1.88 bits per heavy atom. The molecular formula is C53H73N11O10S2. The Morgan fingerprint density at radius 1 is 0.711 bits per heavy atom. The van der Waals surface area contributed by atoms with Gasteiger partial charge in [-0.05, 0) is 93.4 Å². The van der Waals surface area contributed by atoms with Crippen molar-refractivity contribution in [1.29, 1.82) is 0 Å². The van der Waals surface area contributed by atoms with Gasteiger partial charge in [-0.2, -0.15) is 0 Å². The van der Waals surface area contributed by atoms with Crippen molar-refractivity contribution in [3.05, 3.63) is 102 Å². The van der Waals surface area contributed by atoms with E-state index in [1.165, 1.54) is 12.1 Å². The van der Waals surface area contributed by atoms with Crippen LogP contribution >= 0.6 is 21.6 Å². The molecule has 1 aliphatic rings. The summed E-state index contributed by atoms with van der Waals surface area (Å²) in [6, 6.07) is 11.3. The van der Waals surface area contributed by atoms with Crippen molar-refractivity contribution in [3.8, 4) is 5.75 Å². The topological polar surface area (TPSA) is 355 Å². The molecule has 0 aliphatic carbocycles. The number of rotatable bonds is 19. The zero-order valence-corrected chi connectivity index (χ0v) is 44.9. The van der Waals surface area contributed by atoms with E-state index < -0.39 is 106 Å². The van der Waals surface area contributed by atoms with Gasteiger partial charge in [0.25, 0.3) is 0 Å². The standard InChI is InChI=1S/C53H73N11O10S2/c1-30(2)43(52(73)74)63-50(71)42-29-75-76-53(3,4)44(64-45(66)36(56)16-10-11-23-54)51(72)61-40(25-31-13-6-5-7-14-31)47(68)60-41(27-33-28-57-37-17-9-8-15-35(33)37)49(70)58-38(18-12-24-55)46(67)59-39(48(69)62-42)26-32-19-21-34(65)22-20-32/h5-9,13-15,17,19-22,28,30,36,38-44,57,65H,10-12,16,18,23-27,29,54-56H2,1-4H3,(H,58,70)(H,59,67)(H,60,68)(H,61,72)(H,62,69)(H,63,71)(H,64,66)(H,73,74)/t36-,38-,39-,40-,41+,42-,43-,44-/m0/s1. The van der Waals surface area contributed by atoms with E-state index in [1.807, 2.05) is 24.3 Å². The Bertz CT molecular complexity index is 2620. The number of unbranched alkanes of at least 4 members (excludes halogenated alkanes) is 1. The van der Waals surface area contributed by atoms with E-state index in [2.05, 4.69) is 42.2 Å². The molecule has 1 aromatic heterocycles. The molecule has 0 spiro atoms. The molecular weight excluding hydrogens is 1010 g/mol. The molecule has 3 aromatic carbocycles. The zero-order chi connectivity index (χ0) is 55.5. The molecule has 4 aromatic rings. The second-order valence-electron chi connectivity index (χ2n) is 19.7. The molecule has 0 saturated carbocycles. The number of H-pyrrole nitrogens is 1. The van der Waals surface area contributed by atoms with Crippen LogP contribution in [0.3, 0.4) is 0 Å². The smallest absolute Gasteiger partial charge is 0.326 e. The number of nitrogens with two attached hydrogens (primary N) is 3. The number of aromatic nitrogens is 1. The van der Waals surface area contributed by atoms with Crippen molar-refractivity contribution in [2.24, 2.45) is 23.1 Å². The predicted molar refractivity (Wildman–Crippen MR) is 293 cm³/mol. The van der Waals surface area contributed by atoms with Crippen LogP contribution in [0.15, 0.2) is 85.1 Å². The summed E-state index contributed by atoms with van der Waals surface area (Å²) in [5.74, 6) is -7.71. The van der Waals surface area contributed by atoms with Gasteiger partial charge < -0.3 is 69.6 Å². The zero-order valence-electron chi connectivity index (χ0n) is 43.3. The second kappa shape index (κ2) is 29.0. The first kappa shape index (κ1) is 60.2. The molecule has 5 rings (SSSR count). The van der Waals surface area contributed by atoms with Crippen LogP contribution in [0.1, 0.15) is 76.5 Å². The fraction of sp³-hybridized carbons (Fsp3) is 0.472. The molecule has 16 N–H and O–H groups in total. The molecule has 1 aliphatic heterocycles. The molecule has 412 valence electrons. The first-order valence-electron chi connectivity index (χ1n) is 25.4. The highest BCUT2D eigenvalue weighted by atomic mass is 33.1. The average molecular weight is 1090 g/mol. The number of carboxylic acid groups (broad SMARTS) is 1. The van der Waals surface area contributed by atoms with Gasteiger partial charge in [0.05, 0.1) is 6.04 Å². The van der Waals surface area contributed by atoms with Crippen molar-refractivity contribution in [1.82, 2.24) is 42.2 Å². The number of para-hydroxylation sites is 1. The van der Waals surface area contributed by atoms with Crippen LogP contribution < -0.4 is 54.4 Å². The fourth-order valence-electron chi connectivity index (χ4n) is 8.50. The number of carboxylic acids is 1. The van der Waals surface area contributed by atoms with Gasteiger partial charge in [-0.3, -0.25) is 33.6 Å². The first-order valence-corrected chi connectivity index (χ1v) is 27.7. The first-order chi connectivity index (χ1) is 36.2. The van der Waals surface area contributed by atoms with E-state index >= 15 is 0 Å². The fourth-order valence-corrected chi connectivity index (χ4v) is 11.3. The lowest BCUT2D eigenvalue weighted by molar-refractivity contribution is -0.143. The van der Waals surface area contributed by atoms with Crippen LogP contribution in [0.4, 0.5) is 0 Å². The molecule has 76 heavy (non-hydrogen) atoms. The van der Waals surface area contributed by atoms with Crippen LogP contribution in [0.2, 0.25) is 0 Å². The van der Waals surface area contributed by atoms with Gasteiger partial charge in [0.2, 0.25) is 41.4 Å². The second-order valence-corrected chi connectivity index (χ2v) is 22.7. The SMILES string of the molecule is CC(C)[C@H](NC(=O)[C@@H]1CSSC(C)(C)[C@@H](NC(=O)[C@@H](N)CCCCN)C(=O)N[C@@H](Cc2ccccc2)C(=O)N[C@H](Cc2c[nH]c3ccccc23)C(=O)N[C@@H](CCCN)C(=O)N[C@@H](Cc2ccc(O)cc2)C(=O)N1)C(=O)O. The van der Waals surface area contributed by atoms with Crippen molar-refractivity contribution < 1.29 is 48.6 Å². The summed E-state index contributed by atoms with van der Waals surface area (Å²) in [5.41, 5.74) is 20.5.